The number of nitrogens with zero attached hydrogens (tertiary/aromatic N) is 2. The molecule has 31 heavy (non-hydrogen) atoms. The highest BCUT2D eigenvalue weighted by atomic mass is 32.2. The van der Waals surface area contributed by atoms with Gasteiger partial charge in [-0.25, -0.2) is 13.1 Å². The molecule has 1 aromatic carbocycles. The number of carbonyl (C=O) groups excluding carboxylic acids is 1. The van der Waals surface area contributed by atoms with Crippen molar-refractivity contribution in [3.8, 4) is 5.75 Å². The van der Waals surface area contributed by atoms with E-state index >= 15 is 0 Å². The van der Waals surface area contributed by atoms with Gasteiger partial charge in [-0.2, -0.15) is 0 Å². The molecule has 0 saturated carbocycles. The molecule has 1 amide bonds. The number of nitrogens with one attached hydrogen (secondary N) is 1. The van der Waals surface area contributed by atoms with E-state index in [1.807, 2.05) is 4.90 Å². The number of methoxy groups -OCH3 is 1. The predicted octanol–water partition coefficient (Wildman–Crippen LogP) is 3.11. The van der Waals surface area contributed by atoms with Crippen molar-refractivity contribution in [2.45, 2.75) is 56.8 Å². The van der Waals surface area contributed by atoms with Crippen molar-refractivity contribution in [1.82, 2.24) is 14.5 Å². The highest BCUT2D eigenvalue weighted by Gasteiger charge is 2.24. The lowest BCUT2D eigenvalue weighted by molar-refractivity contribution is 0.0758. The van der Waals surface area contributed by atoms with E-state index in [9.17, 15) is 13.2 Å². The fraction of sp³-hybridized carbons (Fsp3) is 0.696. The number of amides is 1. The fourth-order valence-electron chi connectivity index (χ4n) is 4.34. The Labute approximate surface area is 187 Å². The van der Waals surface area contributed by atoms with Crippen molar-refractivity contribution in [3.63, 3.8) is 0 Å². The average Bonchev–Trinajstić information content (AvgIpc) is 3.06. The molecule has 2 heterocycles. The number of benzene rings is 1. The Bertz CT molecular complexity index is 827. The Morgan fingerprint density at radius 1 is 1.10 bits per heavy atom. The Morgan fingerprint density at radius 3 is 2.42 bits per heavy atom. The summed E-state index contributed by atoms with van der Waals surface area (Å²) in [6.07, 6.45) is 7.39. The summed E-state index contributed by atoms with van der Waals surface area (Å²) in [5.74, 6) is 1.04. The summed E-state index contributed by atoms with van der Waals surface area (Å²) in [6.45, 7) is 7.15. The minimum absolute atomic E-state index is 0.110. The lowest BCUT2D eigenvalue weighted by Crippen LogP contribution is -2.35. The molecule has 8 heteroatoms. The van der Waals surface area contributed by atoms with Crippen LogP contribution in [0.15, 0.2) is 23.1 Å². The number of piperidine rings is 1. The number of hydrogen-bond acceptors (Lipinski definition) is 5. The van der Waals surface area contributed by atoms with Crippen LogP contribution in [0.5, 0.6) is 5.75 Å². The van der Waals surface area contributed by atoms with Gasteiger partial charge in [-0.05, 0) is 75.9 Å². The van der Waals surface area contributed by atoms with E-state index in [4.69, 9.17) is 4.74 Å². The summed E-state index contributed by atoms with van der Waals surface area (Å²) in [5.41, 5.74) is 0.315. The van der Waals surface area contributed by atoms with Crippen LogP contribution >= 0.6 is 0 Å². The minimum Gasteiger partial charge on any atom is -0.496 e. The Kier molecular flexibility index (Phi) is 8.75. The maximum absolute atomic E-state index is 13.1. The molecule has 0 spiro atoms. The third-order valence-corrected chi connectivity index (χ3v) is 7.88. The monoisotopic (exact) mass is 451 g/mol. The maximum atomic E-state index is 13.1. The summed E-state index contributed by atoms with van der Waals surface area (Å²) in [6, 6.07) is 4.54. The second-order valence-corrected chi connectivity index (χ2v) is 10.6. The van der Waals surface area contributed by atoms with E-state index in [2.05, 4.69) is 16.5 Å². The van der Waals surface area contributed by atoms with Crippen LogP contribution < -0.4 is 9.46 Å². The molecule has 174 valence electrons. The van der Waals surface area contributed by atoms with Crippen molar-refractivity contribution in [1.29, 1.82) is 0 Å². The summed E-state index contributed by atoms with van der Waals surface area (Å²) in [4.78, 5) is 17.4. The SMILES string of the molecule is COc1ccc(S(=O)(=O)NCCCN2CCC(C)CC2)cc1C(=O)N1CCCCCC1. The molecule has 0 atom stereocenters. The summed E-state index contributed by atoms with van der Waals surface area (Å²) in [7, 11) is -2.18. The van der Waals surface area contributed by atoms with Crippen LogP contribution in [0, 0.1) is 5.92 Å². The van der Waals surface area contributed by atoms with Gasteiger partial charge in [-0.15, -0.1) is 0 Å². The molecule has 0 radical (unpaired) electrons. The standard InChI is InChI=1S/C23H37N3O4S/c1-19-10-16-25(17-11-19)13-7-12-24-31(28,29)20-8-9-22(30-2)21(18-20)23(27)26-14-5-3-4-6-15-26/h8-9,18-19,24H,3-7,10-17H2,1-2H3. The van der Waals surface area contributed by atoms with E-state index in [0.29, 0.717) is 30.9 Å². The highest BCUT2D eigenvalue weighted by molar-refractivity contribution is 7.89. The van der Waals surface area contributed by atoms with Crippen molar-refractivity contribution in [2.75, 3.05) is 46.4 Å². The highest BCUT2D eigenvalue weighted by Crippen LogP contribution is 2.25. The second kappa shape index (κ2) is 11.3. The van der Waals surface area contributed by atoms with E-state index in [1.165, 1.54) is 32.1 Å². The number of hydrogen-bond donors (Lipinski definition) is 1. The maximum Gasteiger partial charge on any atom is 0.257 e. The zero-order valence-corrected chi connectivity index (χ0v) is 19.8. The molecular weight excluding hydrogens is 414 g/mol. The lowest BCUT2D eigenvalue weighted by Gasteiger charge is -2.30. The Hall–Kier alpha value is -1.64. The van der Waals surface area contributed by atoms with Crippen molar-refractivity contribution in [2.24, 2.45) is 5.92 Å². The molecule has 1 aromatic rings. The normalized spacial score (nSPS) is 19.2. The van der Waals surface area contributed by atoms with Gasteiger partial charge in [0.2, 0.25) is 10.0 Å². The predicted molar refractivity (Wildman–Crippen MR) is 122 cm³/mol. The van der Waals surface area contributed by atoms with Gasteiger partial charge < -0.3 is 14.5 Å². The molecule has 7 nitrogen and oxygen atoms in total. The zero-order valence-electron chi connectivity index (χ0n) is 18.9. The van der Waals surface area contributed by atoms with Crippen molar-refractivity contribution >= 4 is 15.9 Å². The molecule has 0 aliphatic carbocycles. The largest absolute Gasteiger partial charge is 0.496 e. The van der Waals surface area contributed by atoms with Crippen LogP contribution in [0.3, 0.4) is 0 Å². The number of sulfonamides is 1. The van der Waals surface area contributed by atoms with Gasteiger partial charge >= 0.3 is 0 Å². The lowest BCUT2D eigenvalue weighted by atomic mass is 9.99. The second-order valence-electron chi connectivity index (χ2n) is 8.84. The van der Waals surface area contributed by atoms with E-state index in [-0.39, 0.29) is 10.8 Å². The number of rotatable bonds is 8. The third kappa shape index (κ3) is 6.67. The van der Waals surface area contributed by atoms with Crippen molar-refractivity contribution in [3.05, 3.63) is 23.8 Å². The molecule has 2 aliphatic rings. The molecule has 3 rings (SSSR count). The topological polar surface area (TPSA) is 79.0 Å². The van der Waals surface area contributed by atoms with Crippen molar-refractivity contribution < 1.29 is 17.9 Å². The van der Waals surface area contributed by atoms with Gasteiger partial charge in [0, 0.05) is 19.6 Å². The molecule has 0 unspecified atom stereocenters. The van der Waals surface area contributed by atoms with E-state index in [0.717, 1.165) is 57.7 Å². The van der Waals surface area contributed by atoms with Gasteiger partial charge in [-0.1, -0.05) is 19.8 Å². The Balaban J connectivity index is 1.62. The van der Waals surface area contributed by atoms with Crippen LogP contribution in [0.25, 0.3) is 0 Å². The molecule has 1 N–H and O–H groups in total. The van der Waals surface area contributed by atoms with Gasteiger partial charge in [0.25, 0.3) is 5.91 Å². The first kappa shape index (κ1) is 24.0. The molecule has 2 fully saturated rings. The van der Waals surface area contributed by atoms with Gasteiger partial charge in [0.15, 0.2) is 0 Å². The molecule has 0 bridgehead atoms. The summed E-state index contributed by atoms with van der Waals surface area (Å²) < 4.78 is 33.7. The first-order valence-electron chi connectivity index (χ1n) is 11.6. The van der Waals surface area contributed by atoms with Crippen LogP contribution in [-0.4, -0.2) is 70.5 Å². The quantitative estimate of drug-likeness (QED) is 0.615. The van der Waals surface area contributed by atoms with Crippen LogP contribution in [0.2, 0.25) is 0 Å². The molecular formula is C23H37N3O4S. The molecule has 0 aromatic heterocycles. The zero-order chi connectivity index (χ0) is 22.3. The van der Waals surface area contributed by atoms with Crippen LogP contribution in [0.1, 0.15) is 62.2 Å². The fourth-order valence-corrected chi connectivity index (χ4v) is 5.44. The molecule has 2 saturated heterocycles. The van der Waals surface area contributed by atoms with E-state index in [1.54, 1.807) is 6.07 Å². The first-order valence-corrected chi connectivity index (χ1v) is 13.1. The van der Waals surface area contributed by atoms with Gasteiger partial charge in [-0.3, -0.25) is 4.79 Å². The summed E-state index contributed by atoms with van der Waals surface area (Å²) in [5, 5.41) is 0. The third-order valence-electron chi connectivity index (χ3n) is 6.42. The average molecular weight is 452 g/mol. The van der Waals surface area contributed by atoms with E-state index < -0.39 is 10.0 Å². The van der Waals surface area contributed by atoms with Crippen LogP contribution in [-0.2, 0) is 10.0 Å². The van der Waals surface area contributed by atoms with Gasteiger partial charge in [0.05, 0.1) is 17.6 Å². The smallest absolute Gasteiger partial charge is 0.257 e. The van der Waals surface area contributed by atoms with Gasteiger partial charge in [0.1, 0.15) is 5.75 Å². The number of carbonyl (C=O) groups is 1. The number of likely N-dealkylation sites (tertiary alicyclic amines) is 2. The number of ether oxygens (including phenoxy) is 1. The van der Waals surface area contributed by atoms with Crippen LogP contribution in [0.4, 0.5) is 0 Å². The minimum atomic E-state index is -3.69. The summed E-state index contributed by atoms with van der Waals surface area (Å²) >= 11 is 0. The Morgan fingerprint density at radius 2 is 1.77 bits per heavy atom. The molecule has 2 aliphatic heterocycles. The first-order chi connectivity index (χ1) is 14.9.